The zero-order valence-corrected chi connectivity index (χ0v) is 15.8. The second kappa shape index (κ2) is 6.88. The maximum atomic E-state index is 12.1. The van der Waals surface area contributed by atoms with E-state index in [1.165, 1.54) is 19.3 Å². The minimum Gasteiger partial charge on any atom is -0.384 e. The van der Waals surface area contributed by atoms with Gasteiger partial charge in [0.25, 0.3) is 0 Å². The van der Waals surface area contributed by atoms with Crippen LogP contribution in [0.25, 0.3) is 11.3 Å². The highest BCUT2D eigenvalue weighted by molar-refractivity contribution is 5.99. The first-order valence-electron chi connectivity index (χ1n) is 9.54. The van der Waals surface area contributed by atoms with Crippen LogP contribution in [-0.2, 0) is 10.4 Å². The fourth-order valence-corrected chi connectivity index (χ4v) is 3.81. The van der Waals surface area contributed by atoms with Gasteiger partial charge < -0.3 is 15.3 Å². The van der Waals surface area contributed by atoms with Gasteiger partial charge >= 0.3 is 0 Å². The van der Waals surface area contributed by atoms with Gasteiger partial charge in [0.2, 0.25) is 5.91 Å². The summed E-state index contributed by atoms with van der Waals surface area (Å²) in [4.78, 5) is 27.8. The lowest BCUT2D eigenvalue weighted by molar-refractivity contribution is -0.115. The van der Waals surface area contributed by atoms with Crippen LogP contribution < -0.4 is 10.2 Å². The van der Waals surface area contributed by atoms with Gasteiger partial charge in [-0.3, -0.25) is 9.78 Å². The van der Waals surface area contributed by atoms with Crippen molar-refractivity contribution >= 4 is 17.5 Å². The smallest absolute Gasteiger partial charge is 0.245 e. The summed E-state index contributed by atoms with van der Waals surface area (Å²) in [6.45, 7) is 3.74. The highest BCUT2D eigenvalue weighted by Gasteiger charge is 2.31. The Labute approximate surface area is 160 Å². The van der Waals surface area contributed by atoms with Crippen LogP contribution in [0.2, 0.25) is 0 Å². The molecule has 0 bridgehead atoms. The third kappa shape index (κ3) is 3.64. The van der Waals surface area contributed by atoms with Crippen molar-refractivity contribution in [2.75, 3.05) is 16.8 Å². The van der Waals surface area contributed by atoms with Crippen molar-refractivity contribution in [3.63, 3.8) is 0 Å². The quantitative estimate of drug-likeness (QED) is 0.864. The number of anilines is 2. The molecule has 1 amide bonds. The Hall–Kier alpha value is -2.54. The van der Waals surface area contributed by atoms with Gasteiger partial charge in [0.1, 0.15) is 5.60 Å². The molecular weight excluding hydrogens is 342 g/mol. The van der Waals surface area contributed by atoms with E-state index < -0.39 is 5.60 Å². The summed E-state index contributed by atoms with van der Waals surface area (Å²) in [6.07, 6.45) is 9.16. The van der Waals surface area contributed by atoms with Crippen LogP contribution >= 0.6 is 0 Å². The minimum atomic E-state index is -0.984. The minimum absolute atomic E-state index is 0. The van der Waals surface area contributed by atoms with Gasteiger partial charge in [-0.05, 0) is 38.8 Å². The fraction of sp³-hybridized carbons (Fsp3) is 0.500. The number of amides is 1. The van der Waals surface area contributed by atoms with E-state index in [0.717, 1.165) is 24.2 Å². The number of nitrogens with zero attached hydrogens (tertiary/aromatic N) is 4. The SMILES string of the molecule is CC(C)(O)c1ccc(-c2cnc3c(n2)N(C2CCCCC2)CC(=O)N3)cn1.[HH]. The van der Waals surface area contributed by atoms with Gasteiger partial charge in [-0.2, -0.15) is 0 Å². The average Bonchev–Trinajstić information content (AvgIpc) is 2.67. The molecule has 0 saturated heterocycles. The number of hydrogen-bond donors (Lipinski definition) is 2. The van der Waals surface area contributed by atoms with E-state index in [1.54, 1.807) is 32.3 Å². The van der Waals surface area contributed by atoms with Gasteiger partial charge in [0.15, 0.2) is 11.6 Å². The fourth-order valence-electron chi connectivity index (χ4n) is 3.81. The largest absolute Gasteiger partial charge is 0.384 e. The second-order valence-electron chi connectivity index (χ2n) is 7.89. The average molecular weight is 369 g/mol. The number of rotatable bonds is 3. The standard InChI is InChI=1S/C20H25N5O2.H2/c1-20(2,27)16-9-8-13(10-21-16)15-11-22-18-19(23-15)25(12-17(26)24-18)14-6-4-3-5-7-14;/h8-11,14,27H,3-7,12H2,1-2H3,(H,22,24,26);1H. The van der Waals surface area contributed by atoms with Gasteiger partial charge in [-0.25, -0.2) is 9.97 Å². The number of aliphatic hydroxyl groups is 1. The lowest BCUT2D eigenvalue weighted by Crippen LogP contribution is -2.46. The predicted molar refractivity (Wildman–Crippen MR) is 105 cm³/mol. The summed E-state index contributed by atoms with van der Waals surface area (Å²) in [6, 6.07) is 4.03. The third-order valence-electron chi connectivity index (χ3n) is 5.30. The summed E-state index contributed by atoms with van der Waals surface area (Å²) >= 11 is 0. The van der Waals surface area contributed by atoms with Crippen LogP contribution in [0.1, 0.15) is 53.1 Å². The molecule has 2 aromatic heterocycles. The highest BCUT2D eigenvalue weighted by Crippen LogP contribution is 2.34. The molecule has 1 fully saturated rings. The van der Waals surface area contributed by atoms with Crippen LogP contribution in [0, 0.1) is 0 Å². The normalized spacial score (nSPS) is 18.2. The summed E-state index contributed by atoms with van der Waals surface area (Å²) < 4.78 is 0. The molecule has 2 aliphatic rings. The lowest BCUT2D eigenvalue weighted by Gasteiger charge is -2.37. The molecule has 2 aromatic rings. The molecule has 144 valence electrons. The molecule has 0 aromatic carbocycles. The van der Waals surface area contributed by atoms with E-state index in [-0.39, 0.29) is 7.33 Å². The zero-order valence-electron chi connectivity index (χ0n) is 15.8. The molecule has 4 rings (SSSR count). The molecule has 1 aliphatic heterocycles. The number of fused-ring (bicyclic) bond motifs is 1. The van der Waals surface area contributed by atoms with Crippen molar-refractivity contribution in [2.24, 2.45) is 0 Å². The molecule has 0 atom stereocenters. The molecule has 2 N–H and O–H groups in total. The van der Waals surface area contributed by atoms with Crippen molar-refractivity contribution < 1.29 is 11.3 Å². The topological polar surface area (TPSA) is 91.2 Å². The number of hydrogen-bond acceptors (Lipinski definition) is 6. The molecule has 0 radical (unpaired) electrons. The number of carbonyl (C=O) groups is 1. The Morgan fingerprint density at radius 1 is 1.19 bits per heavy atom. The first kappa shape index (κ1) is 17.9. The number of carbonyl (C=O) groups excluding carboxylic acids is 1. The van der Waals surface area contributed by atoms with Crippen LogP contribution in [-0.4, -0.2) is 38.6 Å². The Bertz CT molecular complexity index is 845. The Kier molecular flexibility index (Phi) is 4.55. The number of aromatic nitrogens is 3. The van der Waals surface area contributed by atoms with Crippen molar-refractivity contribution in [3.8, 4) is 11.3 Å². The third-order valence-corrected chi connectivity index (χ3v) is 5.30. The van der Waals surface area contributed by atoms with Crippen molar-refractivity contribution in [1.82, 2.24) is 15.0 Å². The molecule has 1 saturated carbocycles. The van der Waals surface area contributed by atoms with Crippen LogP contribution in [0.15, 0.2) is 24.5 Å². The molecule has 7 nitrogen and oxygen atoms in total. The van der Waals surface area contributed by atoms with Crippen LogP contribution in [0.4, 0.5) is 11.6 Å². The lowest BCUT2D eigenvalue weighted by atomic mass is 9.94. The summed E-state index contributed by atoms with van der Waals surface area (Å²) in [5.41, 5.74) is 1.16. The Morgan fingerprint density at radius 2 is 1.96 bits per heavy atom. The maximum absolute atomic E-state index is 12.1. The highest BCUT2D eigenvalue weighted by atomic mass is 16.3. The molecule has 0 unspecified atom stereocenters. The van der Waals surface area contributed by atoms with Crippen molar-refractivity contribution in [2.45, 2.75) is 57.6 Å². The molecule has 1 aliphatic carbocycles. The molecule has 3 heterocycles. The van der Waals surface area contributed by atoms with Crippen LogP contribution in [0.3, 0.4) is 0 Å². The summed E-state index contributed by atoms with van der Waals surface area (Å²) in [7, 11) is 0. The van der Waals surface area contributed by atoms with Crippen LogP contribution in [0.5, 0.6) is 0 Å². The second-order valence-corrected chi connectivity index (χ2v) is 7.89. The van der Waals surface area contributed by atoms with E-state index in [0.29, 0.717) is 29.8 Å². The van der Waals surface area contributed by atoms with Gasteiger partial charge in [-0.1, -0.05) is 19.3 Å². The Balaban J connectivity index is 0.00000225. The first-order chi connectivity index (χ1) is 12.9. The van der Waals surface area contributed by atoms with Crippen molar-refractivity contribution in [3.05, 3.63) is 30.2 Å². The van der Waals surface area contributed by atoms with Crippen molar-refractivity contribution in [1.29, 1.82) is 0 Å². The van der Waals surface area contributed by atoms with E-state index in [9.17, 15) is 9.90 Å². The first-order valence-corrected chi connectivity index (χ1v) is 9.54. The molecule has 27 heavy (non-hydrogen) atoms. The van der Waals surface area contributed by atoms with E-state index in [4.69, 9.17) is 4.98 Å². The van der Waals surface area contributed by atoms with E-state index >= 15 is 0 Å². The molecule has 0 spiro atoms. The molecule has 7 heteroatoms. The predicted octanol–water partition coefficient (Wildman–Crippen LogP) is 3.10. The van der Waals surface area contributed by atoms with Gasteiger partial charge in [0.05, 0.1) is 24.1 Å². The van der Waals surface area contributed by atoms with Gasteiger partial charge in [0, 0.05) is 19.2 Å². The number of nitrogens with one attached hydrogen (secondary N) is 1. The summed E-state index contributed by atoms with van der Waals surface area (Å²) in [5.74, 6) is 1.23. The van der Waals surface area contributed by atoms with Gasteiger partial charge in [-0.15, -0.1) is 0 Å². The summed E-state index contributed by atoms with van der Waals surface area (Å²) in [5, 5.41) is 12.9. The van der Waals surface area contributed by atoms with E-state index in [2.05, 4.69) is 20.2 Å². The zero-order chi connectivity index (χ0) is 19.0. The number of pyridine rings is 1. The maximum Gasteiger partial charge on any atom is 0.245 e. The monoisotopic (exact) mass is 369 g/mol. The Morgan fingerprint density at radius 3 is 2.63 bits per heavy atom. The molecular formula is C20H27N5O2. The van der Waals surface area contributed by atoms with E-state index in [1.807, 2.05) is 6.07 Å².